The van der Waals surface area contributed by atoms with Gasteiger partial charge in [0.2, 0.25) is 5.91 Å². The number of unbranched alkanes of at least 4 members (excludes halogenated alkanes) is 1. The summed E-state index contributed by atoms with van der Waals surface area (Å²) in [7, 11) is 1.66. The summed E-state index contributed by atoms with van der Waals surface area (Å²) in [5.41, 5.74) is 7.41. The highest BCUT2D eigenvalue weighted by Gasteiger charge is 2.44. The molecular weight excluding hydrogens is 471 g/mol. The molecule has 0 unspecified atom stereocenters. The number of methoxy groups -OCH3 is 1. The van der Waals surface area contributed by atoms with Gasteiger partial charge in [-0.25, -0.2) is 4.39 Å². The fourth-order valence-corrected chi connectivity index (χ4v) is 6.25. The summed E-state index contributed by atoms with van der Waals surface area (Å²) in [4.78, 5) is 15.2. The van der Waals surface area contributed by atoms with E-state index in [1.807, 2.05) is 42.2 Å². The molecule has 0 radical (unpaired) electrons. The summed E-state index contributed by atoms with van der Waals surface area (Å²) in [5, 5.41) is 22.6. The summed E-state index contributed by atoms with van der Waals surface area (Å²) >= 11 is 0. The van der Waals surface area contributed by atoms with Crippen molar-refractivity contribution in [3.05, 3.63) is 59.4 Å². The van der Waals surface area contributed by atoms with Crippen LogP contribution in [0.4, 0.5) is 4.39 Å². The molecule has 7 heteroatoms. The van der Waals surface area contributed by atoms with E-state index < -0.39 is 11.7 Å². The number of carbonyl (C=O) groups excluding carboxylic acids is 1. The lowest BCUT2D eigenvalue weighted by Crippen LogP contribution is -2.49. The Bertz CT molecular complexity index is 1070. The second-order valence-corrected chi connectivity index (χ2v) is 10.9. The predicted molar refractivity (Wildman–Crippen MR) is 142 cm³/mol. The van der Waals surface area contributed by atoms with E-state index >= 15 is 4.39 Å². The fourth-order valence-electron chi connectivity index (χ4n) is 6.25. The van der Waals surface area contributed by atoms with Crippen LogP contribution in [0, 0.1) is 24.6 Å². The Morgan fingerprint density at radius 2 is 2.00 bits per heavy atom. The molecule has 0 aromatic heterocycles. The zero-order chi connectivity index (χ0) is 26.6. The van der Waals surface area contributed by atoms with Gasteiger partial charge in [-0.05, 0) is 69.1 Å². The van der Waals surface area contributed by atoms with Crippen molar-refractivity contribution in [3.63, 3.8) is 0 Å². The van der Waals surface area contributed by atoms with Gasteiger partial charge in [-0.1, -0.05) is 42.0 Å². The van der Waals surface area contributed by atoms with Crippen molar-refractivity contribution in [2.24, 2.45) is 17.6 Å². The number of rotatable bonds is 9. The summed E-state index contributed by atoms with van der Waals surface area (Å²) in [6.07, 6.45) is 3.63. The molecule has 2 aliphatic rings. The van der Waals surface area contributed by atoms with Crippen LogP contribution in [0.1, 0.15) is 56.1 Å². The smallest absolute Gasteiger partial charge is 0.225 e. The Morgan fingerprint density at radius 1 is 1.22 bits per heavy atom. The number of aliphatic hydroxyl groups is 2. The van der Waals surface area contributed by atoms with Crippen LogP contribution in [0.25, 0.3) is 11.1 Å². The Morgan fingerprint density at radius 3 is 2.70 bits per heavy atom. The van der Waals surface area contributed by atoms with Gasteiger partial charge in [-0.15, -0.1) is 0 Å². The number of likely N-dealkylation sites (tertiary alicyclic amines) is 1. The van der Waals surface area contributed by atoms with E-state index in [1.54, 1.807) is 13.2 Å². The van der Waals surface area contributed by atoms with Gasteiger partial charge in [0.05, 0.1) is 11.7 Å². The van der Waals surface area contributed by atoms with Crippen molar-refractivity contribution in [2.45, 2.75) is 69.6 Å². The van der Waals surface area contributed by atoms with Crippen molar-refractivity contribution >= 4 is 5.91 Å². The second kappa shape index (κ2) is 12.0. The second-order valence-electron chi connectivity index (χ2n) is 10.9. The van der Waals surface area contributed by atoms with Gasteiger partial charge < -0.3 is 25.6 Å². The van der Waals surface area contributed by atoms with E-state index in [0.29, 0.717) is 56.5 Å². The lowest BCUT2D eigenvalue weighted by atomic mass is 9.71. The lowest BCUT2D eigenvalue weighted by Gasteiger charge is -2.44. The van der Waals surface area contributed by atoms with Crippen molar-refractivity contribution in [1.29, 1.82) is 0 Å². The van der Waals surface area contributed by atoms with E-state index in [0.717, 1.165) is 30.4 Å². The standard InChI is InChI=1S/C30H41FN2O4/c1-20-8-5-9-21(16-20)28-24(11-6-12-25(28)31)30(36,13-3-4-15-37-2)23-10-7-14-33(19-23)29(35)22-17-26(32)27(34)18-22/h5-6,8-9,11-12,16,22-23,26-27,34,36H,3-4,7,10,13-15,17-19,32H2,1-2H3/t22-,23+,26+,27-,30-/m0/s1. The predicted octanol–water partition coefficient (Wildman–Crippen LogP) is 4.14. The van der Waals surface area contributed by atoms with E-state index in [1.165, 1.54) is 6.07 Å². The first-order chi connectivity index (χ1) is 17.7. The maximum Gasteiger partial charge on any atom is 0.225 e. The van der Waals surface area contributed by atoms with Crippen molar-refractivity contribution in [2.75, 3.05) is 26.8 Å². The number of ether oxygens (including phenoxy) is 1. The third-order valence-electron chi connectivity index (χ3n) is 8.28. The van der Waals surface area contributed by atoms with Gasteiger partial charge in [0.1, 0.15) is 5.82 Å². The molecule has 4 N–H and O–H groups in total. The summed E-state index contributed by atoms with van der Waals surface area (Å²) < 4.78 is 20.7. The van der Waals surface area contributed by atoms with Gasteiger partial charge >= 0.3 is 0 Å². The third-order valence-corrected chi connectivity index (χ3v) is 8.28. The molecular formula is C30H41FN2O4. The summed E-state index contributed by atoms with van der Waals surface area (Å²) in [5.74, 6) is -0.915. The number of benzene rings is 2. The van der Waals surface area contributed by atoms with Crippen LogP contribution in [0.2, 0.25) is 0 Å². The molecule has 5 atom stereocenters. The highest BCUT2D eigenvalue weighted by atomic mass is 19.1. The first kappa shape index (κ1) is 27.7. The molecule has 0 spiro atoms. The molecule has 6 nitrogen and oxygen atoms in total. The van der Waals surface area contributed by atoms with Crippen molar-refractivity contribution in [3.8, 4) is 11.1 Å². The van der Waals surface area contributed by atoms with Gasteiger partial charge in [-0.3, -0.25) is 4.79 Å². The summed E-state index contributed by atoms with van der Waals surface area (Å²) in [6, 6.07) is 12.3. The number of nitrogens with two attached hydrogens (primary N) is 1. The Labute approximate surface area is 219 Å². The van der Waals surface area contributed by atoms with E-state index in [2.05, 4.69) is 0 Å². The molecule has 4 rings (SSSR count). The minimum atomic E-state index is -1.32. The largest absolute Gasteiger partial charge is 0.391 e. The van der Waals surface area contributed by atoms with Crippen molar-refractivity contribution < 1.29 is 24.1 Å². The molecule has 1 saturated heterocycles. The zero-order valence-corrected chi connectivity index (χ0v) is 22.0. The normalized spacial score (nSPS) is 25.7. The molecule has 0 bridgehead atoms. The molecule has 2 aromatic carbocycles. The first-order valence-corrected chi connectivity index (χ1v) is 13.5. The van der Waals surface area contributed by atoms with Gasteiger partial charge in [-0.2, -0.15) is 0 Å². The number of carbonyl (C=O) groups is 1. The number of piperidine rings is 1. The average Bonchev–Trinajstić information content (AvgIpc) is 3.23. The van der Waals surface area contributed by atoms with E-state index in [9.17, 15) is 15.0 Å². The number of amides is 1. The topological polar surface area (TPSA) is 96.0 Å². The van der Waals surface area contributed by atoms with Crippen LogP contribution in [0.5, 0.6) is 0 Å². The molecule has 37 heavy (non-hydrogen) atoms. The monoisotopic (exact) mass is 512 g/mol. The molecule has 2 fully saturated rings. The molecule has 1 heterocycles. The van der Waals surface area contributed by atoms with E-state index in [-0.39, 0.29) is 29.6 Å². The van der Waals surface area contributed by atoms with Crippen LogP contribution >= 0.6 is 0 Å². The highest BCUT2D eigenvalue weighted by Crippen LogP contribution is 2.45. The molecule has 1 aliphatic heterocycles. The number of hydrogen-bond acceptors (Lipinski definition) is 5. The number of hydrogen-bond donors (Lipinski definition) is 3. The van der Waals surface area contributed by atoms with Crippen LogP contribution < -0.4 is 5.73 Å². The first-order valence-electron chi connectivity index (χ1n) is 13.5. The SMILES string of the molecule is COCCCC[C@@](O)(c1cccc(F)c1-c1cccc(C)c1)[C@@H]1CCCN(C(=O)[C@H]2C[C@@H](N)[C@@H](O)C2)C1. The lowest BCUT2D eigenvalue weighted by molar-refractivity contribution is -0.141. The maximum atomic E-state index is 15.5. The number of halogens is 1. The quantitative estimate of drug-likeness (QED) is 0.439. The zero-order valence-electron chi connectivity index (χ0n) is 22.0. The van der Waals surface area contributed by atoms with Crippen LogP contribution in [0.3, 0.4) is 0 Å². The fraction of sp³-hybridized carbons (Fsp3) is 0.567. The highest BCUT2D eigenvalue weighted by molar-refractivity contribution is 5.79. The maximum absolute atomic E-state index is 15.5. The molecule has 202 valence electrons. The van der Waals surface area contributed by atoms with E-state index in [4.69, 9.17) is 10.5 Å². The summed E-state index contributed by atoms with van der Waals surface area (Å²) in [6.45, 7) is 3.57. The minimum absolute atomic E-state index is 0.00316. The Balaban J connectivity index is 1.68. The van der Waals surface area contributed by atoms with Crippen LogP contribution in [-0.4, -0.2) is 60.0 Å². The van der Waals surface area contributed by atoms with Crippen molar-refractivity contribution in [1.82, 2.24) is 4.90 Å². The minimum Gasteiger partial charge on any atom is -0.391 e. The molecule has 1 amide bonds. The molecule has 1 saturated carbocycles. The Hall–Kier alpha value is -2.32. The van der Waals surface area contributed by atoms with Gasteiger partial charge in [0.25, 0.3) is 0 Å². The van der Waals surface area contributed by atoms with Crippen LogP contribution in [0.15, 0.2) is 42.5 Å². The van der Waals surface area contributed by atoms with Gasteiger partial charge in [0, 0.05) is 50.2 Å². The van der Waals surface area contributed by atoms with Gasteiger partial charge in [0.15, 0.2) is 0 Å². The number of nitrogens with zero attached hydrogens (tertiary/aromatic N) is 1. The Kier molecular flexibility index (Phi) is 9.01. The van der Waals surface area contributed by atoms with Crippen LogP contribution in [-0.2, 0) is 15.1 Å². The molecule has 2 aromatic rings. The molecule has 1 aliphatic carbocycles. The third kappa shape index (κ3) is 6.06. The number of aryl methyl sites for hydroxylation is 1. The average molecular weight is 513 g/mol. The number of aliphatic hydroxyl groups excluding tert-OH is 1.